The Morgan fingerprint density at radius 3 is 2.86 bits per heavy atom. The first-order valence-corrected chi connectivity index (χ1v) is 4.36. The van der Waals surface area contributed by atoms with Crippen LogP contribution in [0.1, 0.15) is 19.3 Å². The van der Waals surface area contributed by atoms with E-state index in [4.69, 9.17) is 15.9 Å². The summed E-state index contributed by atoms with van der Waals surface area (Å²) < 4.78 is 0. The van der Waals surface area contributed by atoms with E-state index in [0.29, 0.717) is 12.8 Å². The number of piperidine rings is 1. The Kier molecular flexibility index (Phi) is 3.19. The van der Waals surface area contributed by atoms with Crippen LogP contribution in [0.25, 0.3) is 0 Å². The van der Waals surface area contributed by atoms with Gasteiger partial charge in [-0.25, -0.2) is 0 Å². The third-order valence-electron chi connectivity index (χ3n) is 2.16. The number of nitrogens with one attached hydrogen (secondary N) is 1. The maximum atomic E-state index is 11.5. The fourth-order valence-electron chi connectivity index (χ4n) is 1.39. The SMILES string of the molecule is N#CCCN1C(=N)CCC(C#N)C1=O. The van der Waals surface area contributed by atoms with Gasteiger partial charge in [-0.2, -0.15) is 10.5 Å². The molecule has 1 saturated heterocycles. The summed E-state index contributed by atoms with van der Waals surface area (Å²) in [7, 11) is 0. The molecule has 1 amide bonds. The molecule has 72 valence electrons. The normalized spacial score (nSPS) is 21.6. The average Bonchev–Trinajstić information content (AvgIpc) is 2.18. The van der Waals surface area contributed by atoms with Crippen molar-refractivity contribution in [2.75, 3.05) is 6.54 Å². The highest BCUT2D eigenvalue weighted by Gasteiger charge is 2.31. The first kappa shape index (κ1) is 10.2. The monoisotopic (exact) mass is 190 g/mol. The molecule has 1 atom stereocenters. The van der Waals surface area contributed by atoms with E-state index < -0.39 is 5.92 Å². The average molecular weight is 190 g/mol. The number of amides is 1. The molecule has 5 heteroatoms. The van der Waals surface area contributed by atoms with Crippen LogP contribution in [-0.2, 0) is 4.79 Å². The van der Waals surface area contributed by atoms with Crippen molar-refractivity contribution >= 4 is 11.7 Å². The minimum Gasteiger partial charge on any atom is -0.299 e. The van der Waals surface area contributed by atoms with Crippen LogP contribution in [0.2, 0.25) is 0 Å². The van der Waals surface area contributed by atoms with E-state index in [2.05, 4.69) is 0 Å². The molecule has 0 spiro atoms. The molecular formula is C9H10N4O. The summed E-state index contributed by atoms with van der Waals surface area (Å²) in [4.78, 5) is 12.8. The van der Waals surface area contributed by atoms with Gasteiger partial charge in [0.1, 0.15) is 11.8 Å². The van der Waals surface area contributed by atoms with Crippen LogP contribution < -0.4 is 0 Å². The second kappa shape index (κ2) is 4.38. The smallest absolute Gasteiger partial charge is 0.245 e. The van der Waals surface area contributed by atoms with Crippen LogP contribution >= 0.6 is 0 Å². The van der Waals surface area contributed by atoms with Gasteiger partial charge in [-0.15, -0.1) is 0 Å². The molecule has 1 aliphatic rings. The zero-order chi connectivity index (χ0) is 10.6. The molecule has 0 saturated carbocycles. The highest BCUT2D eigenvalue weighted by atomic mass is 16.2. The molecule has 1 N–H and O–H groups in total. The molecule has 1 heterocycles. The molecule has 0 aromatic carbocycles. The van der Waals surface area contributed by atoms with Gasteiger partial charge in [0.15, 0.2) is 0 Å². The summed E-state index contributed by atoms with van der Waals surface area (Å²) in [5.41, 5.74) is 0. The first-order chi connectivity index (χ1) is 6.70. The summed E-state index contributed by atoms with van der Waals surface area (Å²) in [6.07, 6.45) is 1.07. The number of rotatable bonds is 2. The fraction of sp³-hybridized carbons (Fsp3) is 0.556. The summed E-state index contributed by atoms with van der Waals surface area (Å²) in [5, 5.41) is 24.5. The summed E-state index contributed by atoms with van der Waals surface area (Å²) in [6.45, 7) is 0.229. The Morgan fingerprint density at radius 2 is 2.29 bits per heavy atom. The van der Waals surface area contributed by atoms with Gasteiger partial charge in [-0.05, 0) is 6.42 Å². The lowest BCUT2D eigenvalue weighted by atomic mass is 9.97. The Bertz CT molecular complexity index is 336. The third kappa shape index (κ3) is 1.89. The zero-order valence-corrected chi connectivity index (χ0v) is 7.66. The molecule has 14 heavy (non-hydrogen) atoms. The van der Waals surface area contributed by atoms with Crippen molar-refractivity contribution < 1.29 is 4.79 Å². The quantitative estimate of drug-likeness (QED) is 0.692. The predicted octanol–water partition coefficient (Wildman–Crippen LogP) is 0.640. The minimum atomic E-state index is -0.636. The minimum absolute atomic E-state index is 0.201. The van der Waals surface area contributed by atoms with E-state index in [1.54, 1.807) is 0 Å². The van der Waals surface area contributed by atoms with Crippen LogP contribution in [0, 0.1) is 34.0 Å². The molecule has 0 bridgehead atoms. The van der Waals surface area contributed by atoms with Crippen molar-refractivity contribution in [3.8, 4) is 12.1 Å². The van der Waals surface area contributed by atoms with Gasteiger partial charge in [0.25, 0.3) is 0 Å². The highest BCUT2D eigenvalue weighted by Crippen LogP contribution is 2.18. The van der Waals surface area contributed by atoms with Gasteiger partial charge in [0.2, 0.25) is 5.91 Å². The van der Waals surface area contributed by atoms with E-state index >= 15 is 0 Å². The van der Waals surface area contributed by atoms with Gasteiger partial charge in [0, 0.05) is 13.0 Å². The Hall–Kier alpha value is -1.88. The summed E-state index contributed by atoms with van der Waals surface area (Å²) in [6, 6.07) is 3.83. The highest BCUT2D eigenvalue weighted by molar-refractivity contribution is 6.01. The molecule has 1 rings (SSSR count). The number of likely N-dealkylation sites (tertiary alicyclic amines) is 1. The lowest BCUT2D eigenvalue weighted by molar-refractivity contribution is -0.131. The lowest BCUT2D eigenvalue weighted by Gasteiger charge is -2.29. The number of carbonyl (C=O) groups is 1. The maximum Gasteiger partial charge on any atom is 0.245 e. The van der Waals surface area contributed by atoms with Gasteiger partial charge >= 0.3 is 0 Å². The number of nitriles is 2. The second-order valence-corrected chi connectivity index (χ2v) is 3.07. The van der Waals surface area contributed by atoms with Crippen LogP contribution in [0.3, 0.4) is 0 Å². The Labute approximate surface area is 82.0 Å². The number of hydrogen-bond acceptors (Lipinski definition) is 4. The van der Waals surface area contributed by atoms with Crippen LogP contribution in [0.4, 0.5) is 0 Å². The van der Waals surface area contributed by atoms with Gasteiger partial charge < -0.3 is 0 Å². The predicted molar refractivity (Wildman–Crippen MR) is 48.0 cm³/mol. The molecule has 1 fully saturated rings. The van der Waals surface area contributed by atoms with E-state index in [1.165, 1.54) is 4.90 Å². The van der Waals surface area contributed by atoms with Crippen molar-refractivity contribution in [3.05, 3.63) is 0 Å². The van der Waals surface area contributed by atoms with Crippen LogP contribution in [-0.4, -0.2) is 23.2 Å². The Balaban J connectivity index is 2.70. The number of hydrogen-bond donors (Lipinski definition) is 1. The number of carbonyl (C=O) groups excluding carboxylic acids is 1. The van der Waals surface area contributed by atoms with Crippen molar-refractivity contribution in [1.29, 1.82) is 15.9 Å². The topological polar surface area (TPSA) is 91.7 Å². The van der Waals surface area contributed by atoms with Crippen LogP contribution in [0.5, 0.6) is 0 Å². The maximum absolute atomic E-state index is 11.5. The summed E-state index contributed by atoms with van der Waals surface area (Å²) >= 11 is 0. The largest absolute Gasteiger partial charge is 0.299 e. The van der Waals surface area contributed by atoms with Gasteiger partial charge in [-0.1, -0.05) is 0 Å². The first-order valence-electron chi connectivity index (χ1n) is 4.36. The number of amidine groups is 1. The molecular weight excluding hydrogens is 180 g/mol. The molecule has 0 aromatic heterocycles. The molecule has 1 unspecified atom stereocenters. The van der Waals surface area contributed by atoms with Crippen LogP contribution in [0.15, 0.2) is 0 Å². The lowest BCUT2D eigenvalue weighted by Crippen LogP contribution is -2.44. The van der Waals surface area contributed by atoms with E-state index in [9.17, 15) is 4.79 Å². The van der Waals surface area contributed by atoms with Gasteiger partial charge in [0.05, 0.1) is 18.6 Å². The molecule has 5 nitrogen and oxygen atoms in total. The van der Waals surface area contributed by atoms with Crippen molar-refractivity contribution in [1.82, 2.24) is 4.90 Å². The number of nitrogens with zero attached hydrogens (tertiary/aromatic N) is 3. The second-order valence-electron chi connectivity index (χ2n) is 3.07. The zero-order valence-electron chi connectivity index (χ0n) is 7.66. The molecule has 0 radical (unpaired) electrons. The summed E-state index contributed by atoms with van der Waals surface area (Å²) in [5.74, 6) is -0.751. The molecule has 1 aliphatic heterocycles. The standard InChI is InChI=1S/C9H10N4O/c10-4-1-5-13-8(12)3-2-7(6-11)9(13)14/h7,12H,1-3,5H2. The van der Waals surface area contributed by atoms with Crippen molar-refractivity contribution in [3.63, 3.8) is 0 Å². The molecule has 0 aliphatic carbocycles. The third-order valence-corrected chi connectivity index (χ3v) is 2.16. The van der Waals surface area contributed by atoms with Crippen molar-refractivity contribution in [2.45, 2.75) is 19.3 Å². The fourth-order valence-corrected chi connectivity index (χ4v) is 1.39. The van der Waals surface area contributed by atoms with Gasteiger partial charge in [-0.3, -0.25) is 15.1 Å². The van der Waals surface area contributed by atoms with E-state index in [0.717, 1.165) is 0 Å². The van der Waals surface area contributed by atoms with E-state index in [-0.39, 0.29) is 24.7 Å². The van der Waals surface area contributed by atoms with Crippen molar-refractivity contribution in [2.24, 2.45) is 5.92 Å². The molecule has 0 aromatic rings. The van der Waals surface area contributed by atoms with E-state index in [1.807, 2.05) is 12.1 Å². The Morgan fingerprint density at radius 1 is 1.57 bits per heavy atom.